The molecule has 0 radical (unpaired) electrons. The van der Waals surface area contributed by atoms with E-state index in [1.54, 1.807) is 0 Å². The van der Waals surface area contributed by atoms with Gasteiger partial charge in [0, 0.05) is 39.4 Å². The van der Waals surface area contributed by atoms with Crippen LogP contribution in [0.2, 0.25) is 5.02 Å². The molecule has 1 N–H and O–H groups in total. The zero-order valence-electron chi connectivity index (χ0n) is 18.3. The lowest BCUT2D eigenvalue weighted by atomic mass is 9.96. The first-order valence-corrected chi connectivity index (χ1v) is 11.1. The summed E-state index contributed by atoms with van der Waals surface area (Å²) in [5.41, 5.74) is 4.78. The highest BCUT2D eigenvalue weighted by Crippen LogP contribution is 2.29. The zero-order valence-corrected chi connectivity index (χ0v) is 19.1. The van der Waals surface area contributed by atoms with Gasteiger partial charge in [-0.25, -0.2) is 4.39 Å². The van der Waals surface area contributed by atoms with Crippen LogP contribution >= 0.6 is 11.6 Å². The Bertz CT molecular complexity index is 1080. The molecule has 1 amide bonds. The summed E-state index contributed by atoms with van der Waals surface area (Å²) in [7, 11) is 4.01. The molecule has 1 atom stereocenters. The first-order valence-electron chi connectivity index (χ1n) is 10.7. The number of carbonyl (C=O) groups is 1. The van der Waals surface area contributed by atoms with Gasteiger partial charge in [0.25, 0.3) is 5.91 Å². The molecule has 0 saturated heterocycles. The minimum absolute atomic E-state index is 0.0472. The Labute approximate surface area is 193 Å². The Balaban J connectivity index is 1.58. The van der Waals surface area contributed by atoms with Gasteiger partial charge in [-0.3, -0.25) is 9.69 Å². The van der Waals surface area contributed by atoms with Crippen LogP contribution in [0.5, 0.6) is 0 Å². The molecule has 32 heavy (non-hydrogen) atoms. The second-order valence-electron chi connectivity index (χ2n) is 8.30. The molecule has 0 spiro atoms. The molecule has 166 valence electrons. The number of benzene rings is 3. The zero-order chi connectivity index (χ0) is 22.7. The van der Waals surface area contributed by atoms with Gasteiger partial charge >= 0.3 is 0 Å². The number of hydrogen-bond acceptors (Lipinski definition) is 3. The topological polar surface area (TPSA) is 35.6 Å². The molecule has 1 aliphatic rings. The lowest BCUT2D eigenvalue weighted by molar-refractivity contribution is 0.0924. The van der Waals surface area contributed by atoms with Crippen LogP contribution in [-0.2, 0) is 13.0 Å². The van der Waals surface area contributed by atoms with Gasteiger partial charge in [-0.1, -0.05) is 54.1 Å². The summed E-state index contributed by atoms with van der Waals surface area (Å²) < 4.78 is 14.2. The maximum absolute atomic E-state index is 14.2. The second kappa shape index (κ2) is 9.72. The summed E-state index contributed by atoms with van der Waals surface area (Å²) in [6.07, 6.45) is 0.954. The van der Waals surface area contributed by atoms with Gasteiger partial charge in [0.15, 0.2) is 0 Å². The van der Waals surface area contributed by atoms with Gasteiger partial charge < -0.3 is 10.2 Å². The average molecular weight is 452 g/mol. The largest absolute Gasteiger partial charge is 0.378 e. The molecule has 3 aromatic carbocycles. The van der Waals surface area contributed by atoms with Crippen LogP contribution in [-0.4, -0.2) is 38.0 Å². The predicted molar refractivity (Wildman–Crippen MR) is 128 cm³/mol. The van der Waals surface area contributed by atoms with E-state index in [0.29, 0.717) is 6.54 Å². The minimum atomic E-state index is -0.617. The molecule has 0 unspecified atom stereocenters. The average Bonchev–Trinajstić information content (AvgIpc) is 2.79. The van der Waals surface area contributed by atoms with Crippen molar-refractivity contribution in [1.29, 1.82) is 0 Å². The van der Waals surface area contributed by atoms with Crippen molar-refractivity contribution in [3.8, 4) is 0 Å². The number of nitrogens with one attached hydrogen (secondary N) is 1. The van der Waals surface area contributed by atoms with Gasteiger partial charge in [0.05, 0.1) is 16.6 Å². The van der Waals surface area contributed by atoms with Crippen molar-refractivity contribution in [3.63, 3.8) is 0 Å². The third kappa shape index (κ3) is 4.79. The lowest BCUT2D eigenvalue weighted by Crippen LogP contribution is -2.41. The Morgan fingerprint density at radius 3 is 2.47 bits per heavy atom. The van der Waals surface area contributed by atoms with Crippen LogP contribution in [0.4, 0.5) is 10.1 Å². The van der Waals surface area contributed by atoms with Gasteiger partial charge in [-0.2, -0.15) is 0 Å². The van der Waals surface area contributed by atoms with E-state index in [-0.39, 0.29) is 16.6 Å². The molecule has 0 aromatic heterocycles. The van der Waals surface area contributed by atoms with Crippen molar-refractivity contribution < 1.29 is 9.18 Å². The molecule has 4 rings (SSSR count). The van der Waals surface area contributed by atoms with Crippen molar-refractivity contribution in [1.82, 2.24) is 10.2 Å². The van der Waals surface area contributed by atoms with E-state index in [4.69, 9.17) is 11.6 Å². The third-order valence-corrected chi connectivity index (χ3v) is 6.36. The highest BCUT2D eigenvalue weighted by molar-refractivity contribution is 6.33. The quantitative estimate of drug-likeness (QED) is 0.568. The normalized spacial score (nSPS) is 14.5. The van der Waals surface area contributed by atoms with Gasteiger partial charge in [0.2, 0.25) is 0 Å². The highest BCUT2D eigenvalue weighted by atomic mass is 35.5. The minimum Gasteiger partial charge on any atom is -0.378 e. The fourth-order valence-corrected chi connectivity index (χ4v) is 4.48. The molecular weight excluding hydrogens is 425 g/mol. The van der Waals surface area contributed by atoms with E-state index < -0.39 is 11.7 Å². The Kier molecular flexibility index (Phi) is 6.77. The first-order chi connectivity index (χ1) is 15.4. The predicted octanol–water partition coefficient (Wildman–Crippen LogP) is 5.07. The van der Waals surface area contributed by atoms with Crippen LogP contribution in [0.25, 0.3) is 0 Å². The third-order valence-electron chi connectivity index (χ3n) is 6.04. The molecule has 6 heteroatoms. The fourth-order valence-electron chi connectivity index (χ4n) is 4.23. The number of amides is 1. The molecule has 0 bridgehead atoms. The number of anilines is 1. The fraction of sp³-hybridized carbons (Fsp3) is 0.269. The van der Waals surface area contributed by atoms with Crippen LogP contribution < -0.4 is 10.2 Å². The molecule has 0 aliphatic carbocycles. The number of rotatable bonds is 6. The van der Waals surface area contributed by atoms with E-state index >= 15 is 0 Å². The SMILES string of the molecule is CN(C)c1ccc([C@H](CNC(=O)c2c(F)cccc2Cl)N2CCc3ccccc3C2)cc1. The van der Waals surface area contributed by atoms with Crippen molar-refractivity contribution in [3.05, 3.63) is 99.8 Å². The molecule has 0 fully saturated rings. The Hall–Kier alpha value is -2.89. The number of nitrogens with zero attached hydrogens (tertiary/aromatic N) is 2. The second-order valence-corrected chi connectivity index (χ2v) is 8.70. The van der Waals surface area contributed by atoms with Crippen LogP contribution in [0, 0.1) is 5.82 Å². The van der Waals surface area contributed by atoms with Crippen LogP contribution in [0.15, 0.2) is 66.7 Å². The van der Waals surface area contributed by atoms with E-state index in [1.165, 1.54) is 29.3 Å². The van der Waals surface area contributed by atoms with Crippen molar-refractivity contribution in [2.75, 3.05) is 32.1 Å². The number of carbonyl (C=O) groups excluding carboxylic acids is 1. The molecule has 4 nitrogen and oxygen atoms in total. The maximum atomic E-state index is 14.2. The number of halogens is 2. The monoisotopic (exact) mass is 451 g/mol. The maximum Gasteiger partial charge on any atom is 0.255 e. The van der Waals surface area contributed by atoms with Crippen molar-refractivity contribution in [2.45, 2.75) is 19.0 Å². The first kappa shape index (κ1) is 22.3. The number of hydrogen-bond donors (Lipinski definition) is 1. The van der Waals surface area contributed by atoms with Crippen LogP contribution in [0.3, 0.4) is 0 Å². The summed E-state index contributed by atoms with van der Waals surface area (Å²) in [6, 6.07) is 21.1. The summed E-state index contributed by atoms with van der Waals surface area (Å²) in [4.78, 5) is 17.2. The molecule has 1 heterocycles. The van der Waals surface area contributed by atoms with Crippen LogP contribution in [0.1, 0.15) is 33.1 Å². The summed E-state index contributed by atoms with van der Waals surface area (Å²) in [5, 5.41) is 3.03. The Morgan fingerprint density at radius 1 is 1.06 bits per heavy atom. The lowest BCUT2D eigenvalue weighted by Gasteiger charge is -2.36. The van der Waals surface area contributed by atoms with Gasteiger partial charge in [0.1, 0.15) is 5.82 Å². The van der Waals surface area contributed by atoms with Crippen molar-refractivity contribution >= 4 is 23.2 Å². The number of fused-ring (bicyclic) bond motifs is 1. The molecule has 0 saturated carbocycles. The van der Waals surface area contributed by atoms with Gasteiger partial charge in [-0.05, 0) is 47.4 Å². The highest BCUT2D eigenvalue weighted by Gasteiger charge is 2.26. The van der Waals surface area contributed by atoms with E-state index in [0.717, 1.165) is 30.8 Å². The van der Waals surface area contributed by atoms with Crippen molar-refractivity contribution in [2.24, 2.45) is 0 Å². The molecule has 3 aromatic rings. The smallest absolute Gasteiger partial charge is 0.255 e. The summed E-state index contributed by atoms with van der Waals surface area (Å²) >= 11 is 6.09. The molecular formula is C26H27ClFN3O. The molecule has 1 aliphatic heterocycles. The summed E-state index contributed by atoms with van der Waals surface area (Å²) in [6.45, 7) is 2.03. The standard InChI is InChI=1S/C26H27ClFN3O/c1-30(2)21-12-10-19(11-13-21)24(31-15-14-18-6-3-4-7-20(18)17-31)16-29-26(32)25-22(27)8-5-9-23(25)28/h3-13,24H,14-17H2,1-2H3,(H,29,32)/t24-/m0/s1. The Morgan fingerprint density at radius 2 is 1.78 bits per heavy atom. The van der Waals surface area contributed by atoms with E-state index in [2.05, 4.69) is 63.6 Å². The van der Waals surface area contributed by atoms with E-state index in [9.17, 15) is 9.18 Å². The van der Waals surface area contributed by atoms with Gasteiger partial charge in [-0.15, -0.1) is 0 Å². The summed E-state index contributed by atoms with van der Waals surface area (Å²) in [5.74, 6) is -1.12. The van der Waals surface area contributed by atoms with E-state index in [1.807, 2.05) is 14.1 Å².